The maximum absolute atomic E-state index is 12.9. The number of nitriles is 1. The Kier molecular flexibility index (Phi) is 5.17. The van der Waals surface area contributed by atoms with Crippen LogP contribution in [0.3, 0.4) is 0 Å². The average Bonchev–Trinajstić information content (AvgIpc) is 3.03. The summed E-state index contributed by atoms with van der Waals surface area (Å²) in [6, 6.07) is 6.28. The number of carbonyl (C=O) groups excluding carboxylic acids is 1. The lowest BCUT2D eigenvalue weighted by atomic mass is 9.84. The summed E-state index contributed by atoms with van der Waals surface area (Å²) in [5.74, 6) is -0.130. The summed E-state index contributed by atoms with van der Waals surface area (Å²) < 4.78 is 5.68. The Bertz CT molecular complexity index is 583. The van der Waals surface area contributed by atoms with E-state index in [1.54, 1.807) is 11.3 Å². The van der Waals surface area contributed by atoms with Crippen LogP contribution in [0.1, 0.15) is 58.4 Å². The standard InChI is InChI=1S/C18H26N2O2S/c1-12(2)9-18(16(21)22-17(3,4)5)10-13(11-19)15(20-18)14-7-6-8-23-14/h6-8,12-13,15,20H,9-10H2,1-5H3/t13-,15-,18+/m1/s1. The smallest absolute Gasteiger partial charge is 0.326 e. The van der Waals surface area contributed by atoms with E-state index in [9.17, 15) is 10.1 Å². The number of hydrogen-bond donors (Lipinski definition) is 1. The van der Waals surface area contributed by atoms with Gasteiger partial charge in [0.2, 0.25) is 0 Å². The Hall–Kier alpha value is -1.38. The summed E-state index contributed by atoms with van der Waals surface area (Å²) >= 11 is 1.62. The molecule has 2 heterocycles. The molecule has 2 rings (SSSR count). The van der Waals surface area contributed by atoms with Crippen molar-refractivity contribution in [1.29, 1.82) is 5.26 Å². The summed E-state index contributed by atoms with van der Waals surface area (Å²) in [5.41, 5.74) is -1.32. The van der Waals surface area contributed by atoms with Crippen molar-refractivity contribution >= 4 is 17.3 Å². The van der Waals surface area contributed by atoms with Crippen LogP contribution in [0.5, 0.6) is 0 Å². The fraction of sp³-hybridized carbons (Fsp3) is 0.667. The molecular weight excluding hydrogens is 308 g/mol. The van der Waals surface area contributed by atoms with Gasteiger partial charge in [-0.15, -0.1) is 11.3 Å². The minimum Gasteiger partial charge on any atom is -0.459 e. The second-order valence-electron chi connectivity index (χ2n) is 7.76. The lowest BCUT2D eigenvalue weighted by Gasteiger charge is -2.33. The number of ether oxygens (including phenoxy) is 1. The van der Waals surface area contributed by atoms with Gasteiger partial charge in [-0.3, -0.25) is 10.1 Å². The van der Waals surface area contributed by atoms with Crippen LogP contribution in [0, 0.1) is 23.2 Å². The molecule has 0 unspecified atom stereocenters. The number of rotatable bonds is 4. The zero-order chi connectivity index (χ0) is 17.3. The number of nitrogens with zero attached hydrogens (tertiary/aromatic N) is 1. The van der Waals surface area contributed by atoms with E-state index in [-0.39, 0.29) is 17.9 Å². The molecule has 1 N–H and O–H groups in total. The van der Waals surface area contributed by atoms with Crippen molar-refractivity contribution in [3.05, 3.63) is 22.4 Å². The summed E-state index contributed by atoms with van der Waals surface area (Å²) in [4.78, 5) is 14.0. The van der Waals surface area contributed by atoms with Crippen molar-refractivity contribution in [2.45, 2.75) is 64.6 Å². The summed E-state index contributed by atoms with van der Waals surface area (Å²) in [7, 11) is 0. The highest BCUT2D eigenvalue weighted by Gasteiger charge is 2.52. The second-order valence-corrected chi connectivity index (χ2v) is 8.74. The highest BCUT2D eigenvalue weighted by molar-refractivity contribution is 7.10. The average molecular weight is 334 g/mol. The van der Waals surface area contributed by atoms with Gasteiger partial charge in [-0.25, -0.2) is 0 Å². The van der Waals surface area contributed by atoms with Crippen LogP contribution in [0.2, 0.25) is 0 Å². The van der Waals surface area contributed by atoms with E-state index in [1.165, 1.54) is 0 Å². The molecule has 1 saturated heterocycles. The number of carbonyl (C=O) groups is 1. The first-order chi connectivity index (χ1) is 10.7. The SMILES string of the molecule is CC(C)C[C@@]1(C(=O)OC(C)(C)C)C[C@H](C#N)[C@H](c2cccs2)N1. The van der Waals surface area contributed by atoms with Crippen LogP contribution in [0.25, 0.3) is 0 Å². The second kappa shape index (κ2) is 6.62. The molecule has 4 nitrogen and oxygen atoms in total. The van der Waals surface area contributed by atoms with Crippen molar-refractivity contribution in [3.8, 4) is 6.07 Å². The normalized spacial score (nSPS) is 27.9. The van der Waals surface area contributed by atoms with Gasteiger partial charge >= 0.3 is 5.97 Å². The number of esters is 1. The molecule has 0 bridgehead atoms. The molecule has 126 valence electrons. The first kappa shape index (κ1) is 18.0. The van der Waals surface area contributed by atoms with Crippen LogP contribution < -0.4 is 5.32 Å². The Morgan fingerprint density at radius 3 is 2.74 bits per heavy atom. The lowest BCUT2D eigenvalue weighted by molar-refractivity contribution is -0.163. The largest absolute Gasteiger partial charge is 0.459 e. The third-order valence-electron chi connectivity index (χ3n) is 3.96. The van der Waals surface area contributed by atoms with Gasteiger partial charge in [-0.2, -0.15) is 5.26 Å². The third-order valence-corrected chi connectivity index (χ3v) is 4.92. The first-order valence-electron chi connectivity index (χ1n) is 8.11. The van der Waals surface area contributed by atoms with Gasteiger partial charge in [0.1, 0.15) is 11.1 Å². The Morgan fingerprint density at radius 2 is 2.26 bits per heavy atom. The lowest BCUT2D eigenvalue weighted by Crippen LogP contribution is -2.51. The molecule has 0 saturated carbocycles. The van der Waals surface area contributed by atoms with E-state index >= 15 is 0 Å². The molecule has 5 heteroatoms. The van der Waals surface area contributed by atoms with Crippen LogP contribution >= 0.6 is 11.3 Å². The molecule has 0 aromatic carbocycles. The number of hydrogen-bond acceptors (Lipinski definition) is 5. The van der Waals surface area contributed by atoms with Crippen molar-refractivity contribution < 1.29 is 9.53 Å². The fourth-order valence-electron chi connectivity index (χ4n) is 3.25. The molecule has 1 aromatic rings. The van der Waals surface area contributed by atoms with Gasteiger partial charge in [-0.1, -0.05) is 19.9 Å². The highest BCUT2D eigenvalue weighted by atomic mass is 32.1. The summed E-state index contributed by atoms with van der Waals surface area (Å²) in [6.45, 7) is 9.81. The molecule has 1 fully saturated rings. The van der Waals surface area contributed by atoms with E-state index in [1.807, 2.05) is 38.3 Å². The Morgan fingerprint density at radius 1 is 1.57 bits per heavy atom. The monoisotopic (exact) mass is 334 g/mol. The minimum absolute atomic E-state index is 0.105. The molecule has 0 spiro atoms. The molecule has 3 atom stereocenters. The Labute approximate surface area is 142 Å². The van der Waals surface area contributed by atoms with Gasteiger partial charge in [0.15, 0.2) is 0 Å². The quantitative estimate of drug-likeness (QED) is 0.844. The van der Waals surface area contributed by atoms with E-state index in [4.69, 9.17) is 4.74 Å². The maximum atomic E-state index is 12.9. The maximum Gasteiger partial charge on any atom is 0.326 e. The van der Waals surface area contributed by atoms with Crippen LogP contribution in [0.4, 0.5) is 0 Å². The first-order valence-corrected chi connectivity index (χ1v) is 8.99. The zero-order valence-corrected chi connectivity index (χ0v) is 15.4. The van der Waals surface area contributed by atoms with Gasteiger partial charge in [0.05, 0.1) is 18.0 Å². The zero-order valence-electron chi connectivity index (χ0n) is 14.6. The molecule has 1 aliphatic rings. The van der Waals surface area contributed by atoms with E-state index in [0.717, 1.165) is 4.88 Å². The molecule has 1 aliphatic heterocycles. The van der Waals surface area contributed by atoms with Crippen LogP contribution in [-0.2, 0) is 9.53 Å². The molecular formula is C18H26N2O2S. The van der Waals surface area contributed by atoms with Gasteiger partial charge in [0, 0.05) is 4.88 Å². The molecule has 0 radical (unpaired) electrons. The molecule has 23 heavy (non-hydrogen) atoms. The predicted octanol–water partition coefficient (Wildman–Crippen LogP) is 4.05. The highest BCUT2D eigenvalue weighted by Crippen LogP contribution is 2.43. The summed E-state index contributed by atoms with van der Waals surface area (Å²) in [5, 5.41) is 15.1. The third kappa shape index (κ3) is 4.13. The van der Waals surface area contributed by atoms with Gasteiger partial charge < -0.3 is 4.74 Å². The summed E-state index contributed by atoms with van der Waals surface area (Å²) in [6.07, 6.45) is 1.17. The topological polar surface area (TPSA) is 62.1 Å². The molecule has 1 aromatic heterocycles. The minimum atomic E-state index is -0.781. The van der Waals surface area contributed by atoms with Crippen LogP contribution in [-0.4, -0.2) is 17.1 Å². The van der Waals surface area contributed by atoms with Gasteiger partial charge in [-0.05, 0) is 51.0 Å². The van der Waals surface area contributed by atoms with Crippen molar-refractivity contribution in [2.24, 2.45) is 11.8 Å². The number of thiophene rings is 1. The predicted molar refractivity (Wildman–Crippen MR) is 91.9 cm³/mol. The van der Waals surface area contributed by atoms with E-state index < -0.39 is 11.1 Å². The Balaban J connectivity index is 2.32. The molecule has 0 amide bonds. The van der Waals surface area contributed by atoms with Crippen molar-refractivity contribution in [3.63, 3.8) is 0 Å². The fourth-order valence-corrected chi connectivity index (χ4v) is 4.09. The van der Waals surface area contributed by atoms with E-state index in [0.29, 0.717) is 18.8 Å². The van der Waals surface area contributed by atoms with E-state index in [2.05, 4.69) is 25.2 Å². The number of nitrogens with one attached hydrogen (secondary N) is 1. The molecule has 0 aliphatic carbocycles. The van der Waals surface area contributed by atoms with Gasteiger partial charge in [0.25, 0.3) is 0 Å². The van der Waals surface area contributed by atoms with Crippen molar-refractivity contribution in [2.75, 3.05) is 0 Å². The van der Waals surface area contributed by atoms with Crippen LogP contribution in [0.15, 0.2) is 17.5 Å². The van der Waals surface area contributed by atoms with Crippen molar-refractivity contribution in [1.82, 2.24) is 5.32 Å².